The van der Waals surface area contributed by atoms with E-state index >= 15 is 0 Å². The second kappa shape index (κ2) is 8.90. The van der Waals surface area contributed by atoms with Crippen LogP contribution >= 0.6 is 0 Å². The Morgan fingerprint density at radius 2 is 2.05 bits per heavy atom. The summed E-state index contributed by atoms with van der Waals surface area (Å²) in [4.78, 5) is 0. The minimum absolute atomic E-state index is 0.137. The third-order valence-electron chi connectivity index (χ3n) is 3.49. The largest absolute Gasteiger partial charge is 0.394 e. The van der Waals surface area contributed by atoms with Crippen molar-refractivity contribution in [1.82, 2.24) is 5.32 Å². The molecule has 0 aromatic rings. The van der Waals surface area contributed by atoms with Gasteiger partial charge in [0.2, 0.25) is 0 Å². The van der Waals surface area contributed by atoms with Crippen LogP contribution in [0.4, 0.5) is 0 Å². The zero-order chi connectivity index (χ0) is 14.1. The van der Waals surface area contributed by atoms with Crippen LogP contribution in [-0.2, 0) is 9.47 Å². The summed E-state index contributed by atoms with van der Waals surface area (Å²) in [5, 5.41) is 13.0. The quantitative estimate of drug-likeness (QED) is 0.535. The lowest BCUT2D eigenvalue weighted by molar-refractivity contribution is -0.00760. The van der Waals surface area contributed by atoms with Gasteiger partial charge in [-0.15, -0.1) is 0 Å². The van der Waals surface area contributed by atoms with Gasteiger partial charge < -0.3 is 19.9 Å². The molecule has 4 heteroatoms. The highest BCUT2D eigenvalue weighted by atomic mass is 16.5. The number of unbranched alkanes of at least 4 members (excludes halogenated alkanes) is 1. The summed E-state index contributed by atoms with van der Waals surface area (Å²) in [6, 6.07) is 0.599. The van der Waals surface area contributed by atoms with Gasteiger partial charge in [-0.3, -0.25) is 0 Å². The maximum Gasteiger partial charge on any atom is 0.0704 e. The Bertz CT molecular complexity index is 233. The summed E-state index contributed by atoms with van der Waals surface area (Å²) < 4.78 is 11.2. The molecule has 2 N–H and O–H groups in total. The van der Waals surface area contributed by atoms with Crippen molar-refractivity contribution in [3.63, 3.8) is 0 Å². The molecular formula is C15H31NO3. The molecule has 19 heavy (non-hydrogen) atoms. The first kappa shape index (κ1) is 16.9. The first-order chi connectivity index (χ1) is 9.09. The van der Waals surface area contributed by atoms with E-state index in [1.807, 2.05) is 0 Å². The van der Waals surface area contributed by atoms with Crippen LogP contribution in [0, 0.1) is 0 Å². The van der Waals surface area contributed by atoms with E-state index in [1.165, 1.54) is 19.3 Å². The molecule has 2 atom stereocenters. The van der Waals surface area contributed by atoms with Crippen molar-refractivity contribution in [3.05, 3.63) is 0 Å². The highest BCUT2D eigenvalue weighted by Crippen LogP contribution is 2.25. The Balaban J connectivity index is 2.08. The first-order valence-corrected chi connectivity index (χ1v) is 7.67. The lowest BCUT2D eigenvalue weighted by atomic mass is 9.95. The van der Waals surface area contributed by atoms with Crippen LogP contribution in [0.3, 0.4) is 0 Å². The van der Waals surface area contributed by atoms with Crippen molar-refractivity contribution < 1.29 is 14.6 Å². The number of aliphatic hydroxyl groups excluding tert-OH is 1. The standard InChI is InChI=1S/C15H31NO3/c1-4-5-8-18-9-10-19-13(2)11-15(3,12-17)16-14-6-7-14/h13-14,16-17H,4-12H2,1-3H3. The third-order valence-corrected chi connectivity index (χ3v) is 3.49. The molecule has 1 aliphatic rings. The number of rotatable bonds is 12. The van der Waals surface area contributed by atoms with Crippen LogP contribution in [0.1, 0.15) is 52.9 Å². The van der Waals surface area contributed by atoms with Gasteiger partial charge in [-0.25, -0.2) is 0 Å². The molecule has 0 spiro atoms. The smallest absolute Gasteiger partial charge is 0.0704 e. The van der Waals surface area contributed by atoms with Crippen LogP contribution in [0.25, 0.3) is 0 Å². The van der Waals surface area contributed by atoms with Crippen LogP contribution in [0.15, 0.2) is 0 Å². The molecule has 0 aromatic heterocycles. The average Bonchev–Trinajstić information content (AvgIpc) is 3.17. The molecule has 0 heterocycles. The molecular weight excluding hydrogens is 242 g/mol. The summed E-state index contributed by atoms with van der Waals surface area (Å²) in [7, 11) is 0. The van der Waals surface area contributed by atoms with Gasteiger partial charge in [-0.1, -0.05) is 13.3 Å². The molecule has 1 rings (SSSR count). The van der Waals surface area contributed by atoms with Crippen molar-refractivity contribution in [3.8, 4) is 0 Å². The summed E-state index contributed by atoms with van der Waals surface area (Å²) in [6.07, 6.45) is 5.71. The van der Waals surface area contributed by atoms with E-state index in [2.05, 4.69) is 26.1 Å². The van der Waals surface area contributed by atoms with E-state index in [0.29, 0.717) is 19.3 Å². The van der Waals surface area contributed by atoms with E-state index in [0.717, 1.165) is 19.4 Å². The molecule has 114 valence electrons. The van der Waals surface area contributed by atoms with Crippen molar-refractivity contribution in [2.75, 3.05) is 26.4 Å². The van der Waals surface area contributed by atoms with Crippen LogP contribution in [-0.4, -0.2) is 49.2 Å². The fourth-order valence-electron chi connectivity index (χ4n) is 2.24. The molecule has 0 bridgehead atoms. The summed E-state index contributed by atoms with van der Waals surface area (Å²) in [5.41, 5.74) is -0.219. The fourth-order valence-corrected chi connectivity index (χ4v) is 2.24. The van der Waals surface area contributed by atoms with Crippen molar-refractivity contribution in [2.45, 2.75) is 70.6 Å². The second-order valence-electron chi connectivity index (χ2n) is 5.99. The van der Waals surface area contributed by atoms with Gasteiger partial charge in [-0.2, -0.15) is 0 Å². The SMILES string of the molecule is CCCCOCCOC(C)CC(C)(CO)NC1CC1. The molecule has 0 aliphatic heterocycles. The number of nitrogens with one attached hydrogen (secondary N) is 1. The van der Waals surface area contributed by atoms with Gasteiger partial charge >= 0.3 is 0 Å². The van der Waals surface area contributed by atoms with Gasteiger partial charge in [0.1, 0.15) is 0 Å². The molecule has 1 fully saturated rings. The monoisotopic (exact) mass is 273 g/mol. The van der Waals surface area contributed by atoms with Crippen LogP contribution in [0.5, 0.6) is 0 Å². The Hall–Kier alpha value is -0.160. The summed E-state index contributed by atoms with van der Waals surface area (Å²) in [5.74, 6) is 0. The van der Waals surface area contributed by atoms with Gasteiger partial charge in [0, 0.05) is 18.2 Å². The highest BCUT2D eigenvalue weighted by Gasteiger charge is 2.33. The predicted molar refractivity (Wildman–Crippen MR) is 77.4 cm³/mol. The number of hydrogen-bond acceptors (Lipinski definition) is 4. The molecule has 4 nitrogen and oxygen atoms in total. The highest BCUT2D eigenvalue weighted by molar-refractivity contribution is 4.93. The van der Waals surface area contributed by atoms with Gasteiger partial charge in [0.15, 0.2) is 0 Å². The zero-order valence-corrected chi connectivity index (χ0v) is 12.8. The van der Waals surface area contributed by atoms with E-state index < -0.39 is 0 Å². The van der Waals surface area contributed by atoms with E-state index in [4.69, 9.17) is 9.47 Å². The molecule has 0 amide bonds. The van der Waals surface area contributed by atoms with Crippen LogP contribution < -0.4 is 5.32 Å². The molecule has 0 saturated heterocycles. The van der Waals surface area contributed by atoms with Gasteiger partial charge in [-0.05, 0) is 39.5 Å². The molecule has 1 aliphatic carbocycles. The van der Waals surface area contributed by atoms with Gasteiger partial charge in [0.05, 0.1) is 25.9 Å². The van der Waals surface area contributed by atoms with Crippen molar-refractivity contribution in [1.29, 1.82) is 0 Å². The normalized spacial score (nSPS) is 20.2. The lowest BCUT2D eigenvalue weighted by Gasteiger charge is -2.31. The van der Waals surface area contributed by atoms with Crippen LogP contribution in [0.2, 0.25) is 0 Å². The third kappa shape index (κ3) is 7.88. The number of hydrogen-bond donors (Lipinski definition) is 2. The minimum Gasteiger partial charge on any atom is -0.394 e. The topological polar surface area (TPSA) is 50.7 Å². The molecule has 0 radical (unpaired) electrons. The Morgan fingerprint density at radius 3 is 2.63 bits per heavy atom. The number of ether oxygens (including phenoxy) is 2. The Kier molecular flexibility index (Phi) is 7.91. The molecule has 1 saturated carbocycles. The van der Waals surface area contributed by atoms with E-state index in [-0.39, 0.29) is 18.2 Å². The first-order valence-electron chi connectivity index (χ1n) is 7.67. The summed E-state index contributed by atoms with van der Waals surface area (Å²) in [6.45, 7) is 8.57. The minimum atomic E-state index is -0.219. The Labute approximate surface area is 117 Å². The van der Waals surface area contributed by atoms with E-state index in [1.54, 1.807) is 0 Å². The maximum atomic E-state index is 9.54. The lowest BCUT2D eigenvalue weighted by Crippen LogP contribution is -2.49. The predicted octanol–water partition coefficient (Wildman–Crippen LogP) is 2.10. The number of aliphatic hydroxyl groups is 1. The summed E-state index contributed by atoms with van der Waals surface area (Å²) >= 11 is 0. The van der Waals surface area contributed by atoms with E-state index in [9.17, 15) is 5.11 Å². The molecule has 0 aromatic carbocycles. The molecule has 2 unspecified atom stereocenters. The fraction of sp³-hybridized carbons (Fsp3) is 1.00. The Morgan fingerprint density at radius 1 is 1.32 bits per heavy atom. The second-order valence-corrected chi connectivity index (χ2v) is 5.99. The van der Waals surface area contributed by atoms with Crippen molar-refractivity contribution >= 4 is 0 Å². The van der Waals surface area contributed by atoms with Crippen molar-refractivity contribution in [2.24, 2.45) is 0 Å². The maximum absolute atomic E-state index is 9.54. The average molecular weight is 273 g/mol. The van der Waals surface area contributed by atoms with Gasteiger partial charge in [0.25, 0.3) is 0 Å². The zero-order valence-electron chi connectivity index (χ0n) is 12.8.